The number of carbonyl (C=O) groups is 2. The summed E-state index contributed by atoms with van der Waals surface area (Å²) >= 11 is 7.53. The number of halogens is 1. The van der Waals surface area contributed by atoms with E-state index in [0.29, 0.717) is 33.5 Å². The molecule has 0 saturated heterocycles. The number of amides is 3. The van der Waals surface area contributed by atoms with Crippen molar-refractivity contribution in [3.63, 3.8) is 0 Å². The Morgan fingerprint density at radius 1 is 1.16 bits per heavy atom. The van der Waals surface area contributed by atoms with Crippen LogP contribution < -0.4 is 16.0 Å². The Bertz CT molecular complexity index is 1120. The van der Waals surface area contributed by atoms with E-state index in [9.17, 15) is 9.59 Å². The Kier molecular flexibility index (Phi) is 7.38. The van der Waals surface area contributed by atoms with E-state index in [1.54, 1.807) is 24.3 Å². The first-order valence-electron chi connectivity index (χ1n) is 10.2. The summed E-state index contributed by atoms with van der Waals surface area (Å²) in [6.45, 7) is 7.47. The normalized spacial score (nSPS) is 11.6. The van der Waals surface area contributed by atoms with Gasteiger partial charge in [-0.3, -0.25) is 10.1 Å². The van der Waals surface area contributed by atoms with Gasteiger partial charge in [-0.25, -0.2) is 9.78 Å². The molecule has 0 bridgehead atoms. The Balaban J connectivity index is 1.67. The molecule has 9 heteroatoms. The van der Waals surface area contributed by atoms with Gasteiger partial charge < -0.3 is 15.5 Å². The average Bonchev–Trinajstić information content (AvgIpc) is 3.09. The van der Waals surface area contributed by atoms with Crippen LogP contribution in [0.25, 0.3) is 10.2 Å². The molecule has 3 rings (SSSR count). The Morgan fingerprint density at radius 3 is 2.59 bits per heavy atom. The van der Waals surface area contributed by atoms with Crippen molar-refractivity contribution in [1.29, 1.82) is 0 Å². The van der Waals surface area contributed by atoms with E-state index in [4.69, 9.17) is 11.6 Å². The van der Waals surface area contributed by atoms with Crippen molar-refractivity contribution >= 4 is 55.9 Å². The topological polar surface area (TPSA) is 86.4 Å². The Hall–Kier alpha value is -2.68. The van der Waals surface area contributed by atoms with Crippen LogP contribution >= 0.6 is 22.9 Å². The molecule has 3 N–H and O–H groups in total. The van der Waals surface area contributed by atoms with Crippen LogP contribution in [0.15, 0.2) is 36.4 Å². The number of nitrogens with zero attached hydrogens (tertiary/aromatic N) is 2. The molecule has 0 fully saturated rings. The fraction of sp³-hybridized carbons (Fsp3) is 0.348. The lowest BCUT2D eigenvalue weighted by molar-refractivity contribution is 0.102. The fourth-order valence-corrected chi connectivity index (χ4v) is 4.64. The van der Waals surface area contributed by atoms with Crippen LogP contribution in [0.3, 0.4) is 0 Å². The zero-order valence-corrected chi connectivity index (χ0v) is 20.4. The van der Waals surface area contributed by atoms with Crippen molar-refractivity contribution in [1.82, 2.24) is 15.2 Å². The largest absolute Gasteiger partial charge is 0.337 e. The average molecular weight is 474 g/mol. The van der Waals surface area contributed by atoms with Gasteiger partial charge in [-0.1, -0.05) is 48.9 Å². The number of rotatable bonds is 7. The van der Waals surface area contributed by atoms with Crippen LogP contribution in [0.4, 0.5) is 15.6 Å². The van der Waals surface area contributed by atoms with Gasteiger partial charge in [-0.2, -0.15) is 0 Å². The molecule has 0 spiro atoms. The van der Waals surface area contributed by atoms with Crippen molar-refractivity contribution in [2.45, 2.75) is 20.8 Å². The number of benzene rings is 2. The van der Waals surface area contributed by atoms with Crippen molar-refractivity contribution in [3.8, 4) is 0 Å². The van der Waals surface area contributed by atoms with Gasteiger partial charge in [0.15, 0.2) is 5.13 Å². The first-order valence-corrected chi connectivity index (χ1v) is 11.4. The van der Waals surface area contributed by atoms with Crippen LogP contribution in [0.2, 0.25) is 5.02 Å². The van der Waals surface area contributed by atoms with Crippen LogP contribution in [0.5, 0.6) is 0 Å². The minimum Gasteiger partial charge on any atom is -0.337 e. The molecule has 170 valence electrons. The summed E-state index contributed by atoms with van der Waals surface area (Å²) < 4.78 is 0.803. The molecule has 0 aliphatic carbocycles. The molecule has 3 amide bonds. The monoisotopic (exact) mass is 473 g/mol. The highest BCUT2D eigenvalue weighted by molar-refractivity contribution is 7.22. The molecule has 1 aromatic heterocycles. The minimum atomic E-state index is -0.303. The zero-order chi connectivity index (χ0) is 23.5. The van der Waals surface area contributed by atoms with Gasteiger partial charge in [0.2, 0.25) is 0 Å². The van der Waals surface area contributed by atoms with E-state index in [1.807, 2.05) is 33.2 Å². The second kappa shape index (κ2) is 9.85. The van der Waals surface area contributed by atoms with Gasteiger partial charge >= 0.3 is 6.03 Å². The molecule has 32 heavy (non-hydrogen) atoms. The Morgan fingerprint density at radius 2 is 1.91 bits per heavy atom. The predicted molar refractivity (Wildman–Crippen MR) is 133 cm³/mol. The number of aromatic nitrogens is 1. The molecule has 0 aliphatic heterocycles. The number of nitrogens with one attached hydrogen (secondary N) is 3. The SMILES string of the molecule is Cc1cccc(Cl)c1NC(=O)c1ccc2nc(NC(=O)NCC(C)(C)CN(C)C)sc2c1. The molecular formula is C23H28ClN5O2S. The van der Waals surface area contributed by atoms with Crippen LogP contribution in [0, 0.1) is 12.3 Å². The zero-order valence-electron chi connectivity index (χ0n) is 18.9. The highest BCUT2D eigenvalue weighted by Crippen LogP contribution is 2.29. The minimum absolute atomic E-state index is 0.0588. The summed E-state index contributed by atoms with van der Waals surface area (Å²) in [7, 11) is 4.01. The predicted octanol–water partition coefficient (Wildman–Crippen LogP) is 5.22. The molecule has 0 unspecified atom stereocenters. The molecule has 0 aliphatic rings. The number of hydrogen-bond donors (Lipinski definition) is 3. The van der Waals surface area contributed by atoms with Gasteiger partial charge in [0.05, 0.1) is 20.9 Å². The van der Waals surface area contributed by atoms with E-state index in [0.717, 1.165) is 16.8 Å². The molecule has 1 heterocycles. The Labute approximate surface area is 197 Å². The van der Waals surface area contributed by atoms with Crippen LogP contribution in [0.1, 0.15) is 29.8 Å². The third kappa shape index (κ3) is 6.18. The lowest BCUT2D eigenvalue weighted by Crippen LogP contribution is -2.41. The van der Waals surface area contributed by atoms with Crippen molar-refractivity contribution in [2.75, 3.05) is 37.8 Å². The standard InChI is InChI=1S/C23H28ClN5O2S/c1-14-7-6-8-16(24)19(14)27-20(30)15-9-10-17-18(11-15)32-22(26-17)28-21(31)25-12-23(2,3)13-29(4)5/h6-11H,12-13H2,1-5H3,(H,27,30)(H2,25,26,28,31). The summed E-state index contributed by atoms with van der Waals surface area (Å²) in [5, 5.41) is 9.53. The summed E-state index contributed by atoms with van der Waals surface area (Å²) in [6, 6.07) is 10.4. The van der Waals surface area contributed by atoms with E-state index in [-0.39, 0.29) is 17.4 Å². The fourth-order valence-electron chi connectivity index (χ4n) is 3.47. The van der Waals surface area contributed by atoms with Crippen molar-refractivity contribution in [2.24, 2.45) is 5.41 Å². The highest BCUT2D eigenvalue weighted by atomic mass is 35.5. The third-order valence-corrected chi connectivity index (χ3v) is 6.05. The summed E-state index contributed by atoms with van der Waals surface area (Å²) in [5.74, 6) is -0.258. The molecule has 3 aromatic rings. The number of fused-ring (bicyclic) bond motifs is 1. The second-order valence-electron chi connectivity index (χ2n) is 8.80. The molecule has 0 atom stereocenters. The molecule has 7 nitrogen and oxygen atoms in total. The van der Waals surface area contributed by atoms with Gasteiger partial charge in [0.25, 0.3) is 5.91 Å². The van der Waals surface area contributed by atoms with E-state index < -0.39 is 0 Å². The summed E-state index contributed by atoms with van der Waals surface area (Å²) in [6.07, 6.45) is 0. The first kappa shape index (κ1) is 24.0. The highest BCUT2D eigenvalue weighted by Gasteiger charge is 2.20. The van der Waals surface area contributed by atoms with Crippen LogP contribution in [-0.2, 0) is 0 Å². The lowest BCUT2D eigenvalue weighted by atomic mass is 9.93. The third-order valence-electron chi connectivity index (χ3n) is 4.80. The smallest absolute Gasteiger partial charge is 0.321 e. The van der Waals surface area contributed by atoms with Gasteiger partial charge in [0, 0.05) is 18.7 Å². The maximum atomic E-state index is 12.7. The summed E-state index contributed by atoms with van der Waals surface area (Å²) in [4.78, 5) is 31.6. The molecule has 0 saturated carbocycles. The molecule has 0 radical (unpaired) electrons. The maximum absolute atomic E-state index is 12.7. The van der Waals surface area contributed by atoms with Crippen molar-refractivity contribution < 1.29 is 9.59 Å². The first-order chi connectivity index (χ1) is 15.0. The van der Waals surface area contributed by atoms with Gasteiger partial charge in [0.1, 0.15) is 0 Å². The quantitative estimate of drug-likeness (QED) is 0.439. The second-order valence-corrected chi connectivity index (χ2v) is 10.2. The lowest BCUT2D eigenvalue weighted by Gasteiger charge is -2.28. The van der Waals surface area contributed by atoms with E-state index in [1.165, 1.54) is 11.3 Å². The van der Waals surface area contributed by atoms with Crippen molar-refractivity contribution in [3.05, 3.63) is 52.5 Å². The van der Waals surface area contributed by atoms with E-state index >= 15 is 0 Å². The summed E-state index contributed by atoms with van der Waals surface area (Å²) in [5.41, 5.74) is 2.62. The number of urea groups is 1. The number of carbonyl (C=O) groups excluding carboxylic acids is 2. The molecule has 2 aromatic carbocycles. The maximum Gasteiger partial charge on any atom is 0.321 e. The van der Waals surface area contributed by atoms with Gasteiger partial charge in [-0.05, 0) is 56.3 Å². The van der Waals surface area contributed by atoms with E-state index in [2.05, 4.69) is 39.7 Å². The number of hydrogen-bond acceptors (Lipinski definition) is 5. The molecular weight excluding hydrogens is 446 g/mol. The van der Waals surface area contributed by atoms with Crippen LogP contribution in [-0.4, -0.2) is 49.0 Å². The van der Waals surface area contributed by atoms with Gasteiger partial charge in [-0.15, -0.1) is 0 Å². The number of anilines is 2. The number of aryl methyl sites for hydroxylation is 1. The number of para-hydroxylation sites is 1. The number of thiazole rings is 1.